The maximum atomic E-state index is 12.3. The number of aromatic nitrogens is 3. The van der Waals surface area contributed by atoms with Crippen molar-refractivity contribution >= 4 is 17.4 Å². The summed E-state index contributed by atoms with van der Waals surface area (Å²) in [6, 6.07) is 4.30. The maximum absolute atomic E-state index is 12.3. The zero-order valence-corrected chi connectivity index (χ0v) is 14.4. The van der Waals surface area contributed by atoms with Gasteiger partial charge in [-0.1, -0.05) is 13.8 Å². The molecule has 4 rings (SSSR count). The Bertz CT molecular complexity index is 749. The first-order valence-electron chi connectivity index (χ1n) is 9.02. The molecular weight excluding hydrogens is 302 g/mol. The Hall–Kier alpha value is -2.11. The average Bonchev–Trinajstić information content (AvgIpc) is 3.31. The third-order valence-corrected chi connectivity index (χ3v) is 4.98. The highest BCUT2D eigenvalue weighted by molar-refractivity contribution is 5.81. The van der Waals surface area contributed by atoms with E-state index in [-0.39, 0.29) is 6.04 Å². The topological polar surface area (TPSA) is 62.5 Å². The average molecular weight is 327 g/mol. The Morgan fingerprint density at radius 3 is 2.92 bits per heavy atom. The zero-order valence-electron chi connectivity index (χ0n) is 14.4. The van der Waals surface area contributed by atoms with Gasteiger partial charge in [-0.2, -0.15) is 9.61 Å². The number of nitrogens with one attached hydrogen (secondary N) is 1. The summed E-state index contributed by atoms with van der Waals surface area (Å²) in [6.07, 6.45) is 6.06. The predicted molar refractivity (Wildman–Crippen MR) is 93.0 cm³/mol. The van der Waals surface area contributed by atoms with Crippen molar-refractivity contribution in [2.75, 3.05) is 18.4 Å². The van der Waals surface area contributed by atoms with Crippen LogP contribution in [-0.4, -0.2) is 44.5 Å². The molecule has 128 valence electrons. The van der Waals surface area contributed by atoms with Crippen LogP contribution in [0, 0.1) is 5.92 Å². The van der Waals surface area contributed by atoms with Crippen LogP contribution in [0.5, 0.6) is 0 Å². The van der Waals surface area contributed by atoms with E-state index in [1.54, 1.807) is 6.20 Å². The SMILES string of the molecule is CC(C)c1cc(N[C@H]2CCCN(C(=O)C3CC3)C2)n2nccc2n1. The minimum Gasteiger partial charge on any atom is -0.365 e. The van der Waals surface area contributed by atoms with Crippen LogP contribution in [0.1, 0.15) is 51.1 Å². The van der Waals surface area contributed by atoms with Gasteiger partial charge in [0.1, 0.15) is 5.82 Å². The van der Waals surface area contributed by atoms with Crippen molar-refractivity contribution in [3.8, 4) is 0 Å². The van der Waals surface area contributed by atoms with Crippen molar-refractivity contribution in [3.63, 3.8) is 0 Å². The van der Waals surface area contributed by atoms with Crippen LogP contribution in [0.4, 0.5) is 5.82 Å². The van der Waals surface area contributed by atoms with Crippen LogP contribution in [0.2, 0.25) is 0 Å². The fourth-order valence-electron chi connectivity index (χ4n) is 3.42. The highest BCUT2D eigenvalue weighted by Crippen LogP contribution is 2.32. The smallest absolute Gasteiger partial charge is 0.225 e. The molecule has 0 radical (unpaired) electrons. The van der Waals surface area contributed by atoms with Crippen LogP contribution in [0.15, 0.2) is 18.3 Å². The van der Waals surface area contributed by atoms with Crippen molar-refractivity contribution in [1.82, 2.24) is 19.5 Å². The summed E-state index contributed by atoms with van der Waals surface area (Å²) in [5.41, 5.74) is 1.93. The van der Waals surface area contributed by atoms with Crippen molar-refractivity contribution < 1.29 is 4.79 Å². The van der Waals surface area contributed by atoms with E-state index in [0.717, 1.165) is 55.9 Å². The second kappa shape index (κ2) is 6.07. The van der Waals surface area contributed by atoms with Gasteiger partial charge in [0, 0.05) is 42.9 Å². The molecule has 1 N–H and O–H groups in total. The Morgan fingerprint density at radius 1 is 1.33 bits per heavy atom. The normalized spacial score (nSPS) is 21.5. The number of carbonyl (C=O) groups is 1. The van der Waals surface area contributed by atoms with E-state index in [2.05, 4.69) is 35.3 Å². The van der Waals surface area contributed by atoms with Crippen LogP contribution in [0.3, 0.4) is 0 Å². The van der Waals surface area contributed by atoms with E-state index in [1.807, 2.05) is 15.5 Å². The molecule has 1 saturated heterocycles. The minimum atomic E-state index is 0.274. The minimum absolute atomic E-state index is 0.274. The highest BCUT2D eigenvalue weighted by Gasteiger charge is 2.35. The van der Waals surface area contributed by atoms with E-state index in [4.69, 9.17) is 0 Å². The summed E-state index contributed by atoms with van der Waals surface area (Å²) in [6.45, 7) is 5.99. The fourth-order valence-corrected chi connectivity index (χ4v) is 3.42. The lowest BCUT2D eigenvalue weighted by atomic mass is 10.0. The number of nitrogens with zero attached hydrogens (tertiary/aromatic N) is 4. The second-order valence-corrected chi connectivity index (χ2v) is 7.36. The molecule has 2 aliphatic rings. The first kappa shape index (κ1) is 15.4. The second-order valence-electron chi connectivity index (χ2n) is 7.36. The molecule has 24 heavy (non-hydrogen) atoms. The van der Waals surface area contributed by atoms with Crippen molar-refractivity contribution in [2.45, 2.75) is 51.5 Å². The Balaban J connectivity index is 1.54. The first-order valence-corrected chi connectivity index (χ1v) is 9.02. The van der Waals surface area contributed by atoms with Gasteiger partial charge >= 0.3 is 0 Å². The molecule has 1 aliphatic carbocycles. The van der Waals surface area contributed by atoms with Gasteiger partial charge in [0.25, 0.3) is 0 Å². The molecule has 1 aliphatic heterocycles. The number of hydrogen-bond donors (Lipinski definition) is 1. The number of anilines is 1. The summed E-state index contributed by atoms with van der Waals surface area (Å²) in [7, 11) is 0. The number of fused-ring (bicyclic) bond motifs is 1. The van der Waals surface area contributed by atoms with E-state index >= 15 is 0 Å². The molecule has 2 aromatic rings. The predicted octanol–water partition coefficient (Wildman–Crippen LogP) is 2.67. The maximum Gasteiger partial charge on any atom is 0.225 e. The van der Waals surface area contributed by atoms with E-state index < -0.39 is 0 Å². The van der Waals surface area contributed by atoms with E-state index in [1.165, 1.54) is 0 Å². The first-order chi connectivity index (χ1) is 11.6. The van der Waals surface area contributed by atoms with Crippen molar-refractivity contribution in [1.29, 1.82) is 0 Å². The summed E-state index contributed by atoms with van der Waals surface area (Å²) >= 11 is 0. The molecule has 0 spiro atoms. The molecule has 0 unspecified atom stereocenters. The van der Waals surface area contributed by atoms with Crippen LogP contribution in [-0.2, 0) is 4.79 Å². The summed E-state index contributed by atoms with van der Waals surface area (Å²) in [4.78, 5) is 19.0. The molecule has 6 heteroatoms. The lowest BCUT2D eigenvalue weighted by Crippen LogP contribution is -2.46. The fraction of sp³-hybridized carbons (Fsp3) is 0.611. The van der Waals surface area contributed by atoms with Crippen molar-refractivity contribution in [3.05, 3.63) is 24.0 Å². The van der Waals surface area contributed by atoms with Crippen LogP contribution >= 0.6 is 0 Å². The van der Waals surface area contributed by atoms with Gasteiger partial charge in [-0.15, -0.1) is 0 Å². The molecule has 1 amide bonds. The summed E-state index contributed by atoms with van der Waals surface area (Å²) < 4.78 is 1.85. The summed E-state index contributed by atoms with van der Waals surface area (Å²) in [5, 5.41) is 8.00. The van der Waals surface area contributed by atoms with Gasteiger partial charge in [-0.05, 0) is 31.6 Å². The Morgan fingerprint density at radius 2 is 2.17 bits per heavy atom. The number of rotatable bonds is 4. The molecule has 1 saturated carbocycles. The highest BCUT2D eigenvalue weighted by atomic mass is 16.2. The van der Waals surface area contributed by atoms with Gasteiger partial charge in [0.15, 0.2) is 5.65 Å². The third kappa shape index (κ3) is 2.97. The van der Waals surface area contributed by atoms with Crippen LogP contribution < -0.4 is 5.32 Å². The molecule has 2 fully saturated rings. The van der Waals surface area contributed by atoms with Crippen LogP contribution in [0.25, 0.3) is 5.65 Å². The number of likely N-dealkylation sites (tertiary alicyclic amines) is 1. The third-order valence-electron chi connectivity index (χ3n) is 4.98. The summed E-state index contributed by atoms with van der Waals surface area (Å²) in [5.74, 6) is 1.99. The molecule has 0 aromatic carbocycles. The largest absolute Gasteiger partial charge is 0.365 e. The monoisotopic (exact) mass is 327 g/mol. The Kier molecular flexibility index (Phi) is 3.90. The lowest BCUT2D eigenvalue weighted by Gasteiger charge is -2.34. The molecule has 6 nitrogen and oxygen atoms in total. The lowest BCUT2D eigenvalue weighted by molar-refractivity contribution is -0.133. The number of carbonyl (C=O) groups excluding carboxylic acids is 1. The quantitative estimate of drug-likeness (QED) is 0.938. The van der Waals surface area contributed by atoms with Gasteiger partial charge < -0.3 is 10.2 Å². The van der Waals surface area contributed by atoms with Gasteiger partial charge in [-0.3, -0.25) is 4.79 Å². The zero-order chi connectivity index (χ0) is 16.7. The van der Waals surface area contributed by atoms with E-state index in [9.17, 15) is 4.79 Å². The van der Waals surface area contributed by atoms with Gasteiger partial charge in [0.05, 0.1) is 6.20 Å². The molecule has 1 atom stereocenters. The molecular formula is C18H25N5O. The number of piperidine rings is 1. The van der Waals surface area contributed by atoms with Gasteiger partial charge in [-0.25, -0.2) is 4.98 Å². The van der Waals surface area contributed by atoms with Gasteiger partial charge in [0.2, 0.25) is 5.91 Å². The Labute approximate surface area is 142 Å². The van der Waals surface area contributed by atoms with Crippen molar-refractivity contribution in [2.24, 2.45) is 5.92 Å². The number of amides is 1. The number of hydrogen-bond acceptors (Lipinski definition) is 4. The molecule has 0 bridgehead atoms. The molecule has 3 heterocycles. The molecule has 2 aromatic heterocycles. The van der Waals surface area contributed by atoms with E-state index in [0.29, 0.717) is 17.7 Å². The standard InChI is InChI=1S/C18H25N5O/c1-12(2)15-10-17(23-16(21-15)7-8-19-23)20-14-4-3-9-22(11-14)18(24)13-5-6-13/h7-8,10,12-14,20H,3-6,9,11H2,1-2H3/t14-/m0/s1.